The lowest BCUT2D eigenvalue weighted by atomic mass is 9.64. The molecule has 0 aromatic carbocycles. The largest absolute Gasteiger partial charge is 0.481 e. The summed E-state index contributed by atoms with van der Waals surface area (Å²) < 4.78 is -0.304. The van der Waals surface area contributed by atoms with Gasteiger partial charge in [-0.05, 0) is 30.6 Å². The fourth-order valence-corrected chi connectivity index (χ4v) is 5.74. The molecule has 0 amide bonds. The van der Waals surface area contributed by atoms with Crippen LogP contribution >= 0.6 is 31.9 Å². The van der Waals surface area contributed by atoms with Gasteiger partial charge in [-0.1, -0.05) is 45.7 Å². The van der Waals surface area contributed by atoms with Gasteiger partial charge in [0.15, 0.2) is 0 Å². The van der Waals surface area contributed by atoms with Crippen molar-refractivity contribution in [1.82, 2.24) is 0 Å². The summed E-state index contributed by atoms with van der Waals surface area (Å²) in [5, 5.41) is 10.2. The lowest BCUT2D eigenvalue weighted by Crippen LogP contribution is -2.55. The summed E-state index contributed by atoms with van der Waals surface area (Å²) in [4.78, 5) is 11.6. The van der Waals surface area contributed by atoms with Gasteiger partial charge in [-0.25, -0.2) is 0 Å². The van der Waals surface area contributed by atoms with Gasteiger partial charge >= 0.3 is 5.97 Å². The number of aliphatic carboxylic acids is 1. The molecule has 2 fully saturated rings. The Labute approximate surface area is 107 Å². The smallest absolute Gasteiger partial charge is 0.311 e. The number of carbonyl (C=O) groups is 1. The molecule has 86 valence electrons. The Balaban J connectivity index is 2.54. The number of alkyl halides is 2. The van der Waals surface area contributed by atoms with Crippen molar-refractivity contribution in [2.45, 2.75) is 37.4 Å². The molecule has 15 heavy (non-hydrogen) atoms. The van der Waals surface area contributed by atoms with E-state index in [1.54, 1.807) is 0 Å². The first kappa shape index (κ1) is 11.9. The van der Waals surface area contributed by atoms with E-state index in [1.165, 1.54) is 0 Å². The minimum absolute atomic E-state index is 0.0488. The van der Waals surface area contributed by atoms with Crippen molar-refractivity contribution >= 4 is 37.8 Å². The molecule has 0 spiro atoms. The summed E-state index contributed by atoms with van der Waals surface area (Å²) in [7, 11) is 0. The highest BCUT2D eigenvalue weighted by atomic mass is 79.9. The zero-order valence-corrected chi connectivity index (χ0v) is 12.2. The van der Waals surface area contributed by atoms with Gasteiger partial charge in [0, 0.05) is 5.33 Å². The third-order valence-corrected chi connectivity index (χ3v) is 8.56. The minimum atomic E-state index is -0.633. The predicted octanol–water partition coefficient (Wildman–Crippen LogP) is 3.43. The zero-order chi connectivity index (χ0) is 11.5. The lowest BCUT2D eigenvalue weighted by Gasteiger charge is -2.49. The first-order valence-corrected chi connectivity index (χ1v) is 7.21. The molecule has 4 heteroatoms. The molecule has 2 aliphatic carbocycles. The van der Waals surface area contributed by atoms with Crippen LogP contribution in [-0.4, -0.2) is 20.7 Å². The first-order chi connectivity index (χ1) is 6.82. The Hall–Kier alpha value is 0.430. The summed E-state index contributed by atoms with van der Waals surface area (Å²) in [6.45, 7) is 4.38. The molecule has 2 nitrogen and oxygen atoms in total. The standard InChI is InChI=1S/C11H16Br2O2/c1-9(2)7-3-4-10(5-7,8(14)15)11(9,13)6-12/h7H,3-6H2,1-2H3,(H,14,15)/t7-,10-,11-/m1/s1. The van der Waals surface area contributed by atoms with Crippen LogP contribution in [0.15, 0.2) is 0 Å². The number of carboxylic acids is 1. The van der Waals surface area contributed by atoms with Crippen LogP contribution in [0.5, 0.6) is 0 Å². The highest BCUT2D eigenvalue weighted by Crippen LogP contribution is 2.71. The van der Waals surface area contributed by atoms with E-state index in [9.17, 15) is 9.90 Å². The molecule has 3 atom stereocenters. The van der Waals surface area contributed by atoms with Gasteiger partial charge in [0.25, 0.3) is 0 Å². The summed E-state index contributed by atoms with van der Waals surface area (Å²) in [5.41, 5.74) is -0.516. The fourth-order valence-electron chi connectivity index (χ4n) is 3.63. The highest BCUT2D eigenvalue weighted by molar-refractivity contribution is 9.12. The van der Waals surface area contributed by atoms with Crippen LogP contribution in [0.4, 0.5) is 0 Å². The van der Waals surface area contributed by atoms with Gasteiger partial charge in [0.05, 0.1) is 9.74 Å². The quantitative estimate of drug-likeness (QED) is 0.782. The monoisotopic (exact) mass is 338 g/mol. The van der Waals surface area contributed by atoms with Gasteiger partial charge in [0.1, 0.15) is 0 Å². The molecule has 0 aliphatic heterocycles. The molecule has 2 bridgehead atoms. The number of halogens is 2. The maximum absolute atomic E-state index is 11.6. The number of fused-ring (bicyclic) bond motifs is 2. The molecule has 2 saturated carbocycles. The van der Waals surface area contributed by atoms with E-state index in [4.69, 9.17) is 0 Å². The lowest BCUT2D eigenvalue weighted by molar-refractivity contribution is -0.150. The number of rotatable bonds is 2. The van der Waals surface area contributed by atoms with Crippen LogP contribution in [0.3, 0.4) is 0 Å². The molecule has 0 radical (unpaired) electrons. The molecule has 0 saturated heterocycles. The van der Waals surface area contributed by atoms with Crippen molar-refractivity contribution in [2.24, 2.45) is 16.7 Å². The molecule has 0 unspecified atom stereocenters. The predicted molar refractivity (Wildman–Crippen MR) is 66.6 cm³/mol. The van der Waals surface area contributed by atoms with Crippen molar-refractivity contribution in [3.63, 3.8) is 0 Å². The van der Waals surface area contributed by atoms with E-state index in [0.29, 0.717) is 11.2 Å². The normalized spacial score (nSPS) is 47.1. The van der Waals surface area contributed by atoms with Crippen LogP contribution < -0.4 is 0 Å². The molecule has 0 heterocycles. The van der Waals surface area contributed by atoms with Gasteiger partial charge in [-0.15, -0.1) is 0 Å². The minimum Gasteiger partial charge on any atom is -0.481 e. The molecular weight excluding hydrogens is 324 g/mol. The van der Waals surface area contributed by atoms with Crippen molar-refractivity contribution in [3.05, 3.63) is 0 Å². The Kier molecular flexibility index (Phi) is 2.56. The topological polar surface area (TPSA) is 37.3 Å². The summed E-state index contributed by atoms with van der Waals surface area (Å²) in [6, 6.07) is 0. The number of carboxylic acid groups (broad SMARTS) is 1. The van der Waals surface area contributed by atoms with Crippen molar-refractivity contribution in [2.75, 3.05) is 5.33 Å². The van der Waals surface area contributed by atoms with Crippen LogP contribution in [0, 0.1) is 16.7 Å². The number of hydrogen-bond acceptors (Lipinski definition) is 1. The second-order valence-corrected chi connectivity index (χ2v) is 7.40. The van der Waals surface area contributed by atoms with E-state index in [2.05, 4.69) is 45.7 Å². The average molecular weight is 340 g/mol. The summed E-state index contributed by atoms with van der Waals surface area (Å²) in [5.74, 6) is -0.0996. The summed E-state index contributed by atoms with van der Waals surface area (Å²) in [6.07, 6.45) is 2.69. The van der Waals surface area contributed by atoms with Crippen LogP contribution in [0.25, 0.3) is 0 Å². The van der Waals surface area contributed by atoms with Crippen LogP contribution in [-0.2, 0) is 4.79 Å². The Morgan fingerprint density at radius 2 is 2.13 bits per heavy atom. The Morgan fingerprint density at radius 1 is 1.53 bits per heavy atom. The van der Waals surface area contributed by atoms with Crippen molar-refractivity contribution in [1.29, 1.82) is 0 Å². The summed E-state index contributed by atoms with van der Waals surface area (Å²) >= 11 is 7.26. The number of hydrogen-bond donors (Lipinski definition) is 1. The maximum atomic E-state index is 11.6. The molecule has 0 aromatic rings. The van der Waals surface area contributed by atoms with E-state index in [-0.39, 0.29) is 9.74 Å². The highest BCUT2D eigenvalue weighted by Gasteiger charge is 2.72. The second kappa shape index (κ2) is 3.22. The zero-order valence-electron chi connectivity index (χ0n) is 9.02. The molecule has 1 N–H and O–H groups in total. The van der Waals surface area contributed by atoms with Crippen molar-refractivity contribution in [3.8, 4) is 0 Å². The fraction of sp³-hybridized carbons (Fsp3) is 0.909. The maximum Gasteiger partial charge on any atom is 0.311 e. The van der Waals surface area contributed by atoms with Gasteiger partial charge in [0.2, 0.25) is 0 Å². The molecule has 0 aromatic heterocycles. The first-order valence-electron chi connectivity index (χ1n) is 5.30. The second-order valence-electron chi connectivity index (χ2n) is 5.48. The molecular formula is C11H16Br2O2. The average Bonchev–Trinajstić information content (AvgIpc) is 2.67. The third kappa shape index (κ3) is 1.13. The van der Waals surface area contributed by atoms with E-state index < -0.39 is 11.4 Å². The third-order valence-electron chi connectivity index (χ3n) is 4.91. The van der Waals surface area contributed by atoms with Crippen LogP contribution in [0.2, 0.25) is 0 Å². The van der Waals surface area contributed by atoms with E-state index in [0.717, 1.165) is 19.3 Å². The Morgan fingerprint density at radius 3 is 2.53 bits per heavy atom. The molecule has 2 rings (SSSR count). The molecule has 2 aliphatic rings. The van der Waals surface area contributed by atoms with Crippen molar-refractivity contribution < 1.29 is 9.90 Å². The Bertz CT molecular complexity index is 316. The van der Waals surface area contributed by atoms with E-state index >= 15 is 0 Å². The SMILES string of the molecule is CC1(C)[C@@H]2CC[C@](C(=O)O)(C2)[C@@]1(Br)CBr. The van der Waals surface area contributed by atoms with Crippen LogP contribution in [0.1, 0.15) is 33.1 Å². The van der Waals surface area contributed by atoms with Gasteiger partial charge in [-0.2, -0.15) is 0 Å². The van der Waals surface area contributed by atoms with Gasteiger partial charge < -0.3 is 5.11 Å². The van der Waals surface area contributed by atoms with Gasteiger partial charge in [-0.3, -0.25) is 4.79 Å². The van der Waals surface area contributed by atoms with E-state index in [1.807, 2.05) is 0 Å².